The highest BCUT2D eigenvalue weighted by Crippen LogP contribution is 2.21. The number of ether oxygens (including phenoxy) is 2. The summed E-state index contributed by atoms with van der Waals surface area (Å²) < 4.78 is 35.8. The normalized spacial score (nSPS) is 12.1. The minimum absolute atomic E-state index is 0.390. The lowest BCUT2D eigenvalue weighted by atomic mass is 10.1. The topological polar surface area (TPSA) is 101 Å². The van der Waals surface area contributed by atoms with E-state index in [1.807, 2.05) is 39.0 Å². The van der Waals surface area contributed by atoms with E-state index in [0.717, 1.165) is 29.7 Å². The number of guanidine groups is 1. The van der Waals surface area contributed by atoms with Crippen LogP contribution >= 0.6 is 0 Å². The van der Waals surface area contributed by atoms with E-state index in [1.165, 1.54) is 0 Å². The predicted octanol–water partition coefficient (Wildman–Crippen LogP) is 1.40. The van der Waals surface area contributed by atoms with Gasteiger partial charge in [-0.3, -0.25) is 0 Å². The maximum absolute atomic E-state index is 11.1. The lowest BCUT2D eigenvalue weighted by molar-refractivity contribution is 0.110. The van der Waals surface area contributed by atoms with Gasteiger partial charge in [0, 0.05) is 31.8 Å². The Labute approximate surface area is 169 Å². The smallest absolute Gasteiger partial charge is 0.208 e. The molecule has 9 heteroatoms. The van der Waals surface area contributed by atoms with Crippen molar-refractivity contribution in [3.05, 3.63) is 29.3 Å². The van der Waals surface area contributed by atoms with Crippen LogP contribution in [0.2, 0.25) is 0 Å². The first-order valence-corrected chi connectivity index (χ1v) is 11.5. The van der Waals surface area contributed by atoms with E-state index in [0.29, 0.717) is 51.8 Å². The third-order valence-corrected chi connectivity index (χ3v) is 4.40. The van der Waals surface area contributed by atoms with Crippen LogP contribution in [-0.4, -0.2) is 60.1 Å². The molecule has 0 atom stereocenters. The number of sulfonamides is 1. The fourth-order valence-electron chi connectivity index (χ4n) is 2.34. The molecule has 0 saturated heterocycles. The highest BCUT2D eigenvalue weighted by molar-refractivity contribution is 7.88. The van der Waals surface area contributed by atoms with Gasteiger partial charge < -0.3 is 20.1 Å². The highest BCUT2D eigenvalue weighted by Gasteiger charge is 2.06. The van der Waals surface area contributed by atoms with Crippen molar-refractivity contribution >= 4 is 16.0 Å². The molecule has 0 bridgehead atoms. The first kappa shape index (κ1) is 24.2. The van der Waals surface area contributed by atoms with Gasteiger partial charge in [-0.1, -0.05) is 12.1 Å². The Morgan fingerprint density at radius 3 is 2.61 bits per heavy atom. The van der Waals surface area contributed by atoms with Crippen LogP contribution in [0.15, 0.2) is 23.2 Å². The van der Waals surface area contributed by atoms with Crippen molar-refractivity contribution in [1.29, 1.82) is 0 Å². The maximum atomic E-state index is 11.1. The number of rotatable bonds is 13. The number of nitrogens with zero attached hydrogens (tertiary/aromatic N) is 1. The van der Waals surface area contributed by atoms with Crippen molar-refractivity contribution < 1.29 is 17.9 Å². The molecule has 1 aromatic rings. The first-order chi connectivity index (χ1) is 13.4. The first-order valence-electron chi connectivity index (χ1n) is 9.62. The van der Waals surface area contributed by atoms with Crippen LogP contribution in [0.5, 0.6) is 5.75 Å². The Balaban J connectivity index is 2.62. The lowest BCUT2D eigenvalue weighted by Crippen LogP contribution is -2.38. The third kappa shape index (κ3) is 11.1. The second-order valence-electron chi connectivity index (χ2n) is 6.30. The number of hydrogen-bond donors (Lipinski definition) is 3. The van der Waals surface area contributed by atoms with Gasteiger partial charge >= 0.3 is 0 Å². The standard InChI is InChI=1S/C19H34N4O4S/c1-5-20-19(21-10-7-11-23-28(4,24)25)22-15-17-9-8-16(3)14-18(17)27-13-12-26-6-2/h8-9,14,23H,5-7,10-13,15H2,1-4H3,(H2,20,21,22). The van der Waals surface area contributed by atoms with E-state index < -0.39 is 10.0 Å². The molecule has 8 nitrogen and oxygen atoms in total. The molecule has 1 aromatic carbocycles. The van der Waals surface area contributed by atoms with Crippen molar-refractivity contribution in [2.45, 2.75) is 33.7 Å². The third-order valence-electron chi connectivity index (χ3n) is 3.67. The number of nitrogens with one attached hydrogen (secondary N) is 3. The van der Waals surface area contributed by atoms with Gasteiger partial charge in [0.15, 0.2) is 5.96 Å². The lowest BCUT2D eigenvalue weighted by Gasteiger charge is -2.14. The van der Waals surface area contributed by atoms with Crippen molar-refractivity contribution in [3.8, 4) is 5.75 Å². The Morgan fingerprint density at radius 2 is 1.93 bits per heavy atom. The summed E-state index contributed by atoms with van der Waals surface area (Å²) in [6.07, 6.45) is 1.81. The number of hydrogen-bond acceptors (Lipinski definition) is 5. The quantitative estimate of drug-likeness (QED) is 0.256. The van der Waals surface area contributed by atoms with Crippen LogP contribution in [0.1, 0.15) is 31.4 Å². The molecule has 1 rings (SSSR count). The van der Waals surface area contributed by atoms with Crippen LogP contribution in [-0.2, 0) is 21.3 Å². The van der Waals surface area contributed by atoms with Crippen LogP contribution < -0.4 is 20.1 Å². The minimum atomic E-state index is -3.15. The van der Waals surface area contributed by atoms with Gasteiger partial charge in [-0.05, 0) is 38.8 Å². The Bertz CT molecular complexity index is 708. The highest BCUT2D eigenvalue weighted by atomic mass is 32.2. The van der Waals surface area contributed by atoms with Crippen molar-refractivity contribution in [1.82, 2.24) is 15.4 Å². The number of benzene rings is 1. The average molecular weight is 415 g/mol. The van der Waals surface area contributed by atoms with Gasteiger partial charge in [-0.25, -0.2) is 18.1 Å². The molecule has 0 amide bonds. The Hall–Kier alpha value is -1.84. The van der Waals surface area contributed by atoms with Gasteiger partial charge in [0.25, 0.3) is 0 Å². The monoisotopic (exact) mass is 414 g/mol. The molecule has 0 unspecified atom stereocenters. The van der Waals surface area contributed by atoms with E-state index in [9.17, 15) is 8.42 Å². The van der Waals surface area contributed by atoms with Gasteiger partial charge in [0.1, 0.15) is 12.4 Å². The average Bonchev–Trinajstić information content (AvgIpc) is 2.63. The molecule has 0 fully saturated rings. The van der Waals surface area contributed by atoms with Gasteiger partial charge in [-0.15, -0.1) is 0 Å². The molecule has 0 aliphatic heterocycles. The molecule has 0 aliphatic carbocycles. The molecule has 3 N–H and O–H groups in total. The molecule has 160 valence electrons. The molecule has 0 radical (unpaired) electrons. The van der Waals surface area contributed by atoms with E-state index in [1.54, 1.807) is 0 Å². The largest absolute Gasteiger partial charge is 0.491 e. The van der Waals surface area contributed by atoms with Gasteiger partial charge in [0.05, 0.1) is 19.4 Å². The summed E-state index contributed by atoms with van der Waals surface area (Å²) in [6, 6.07) is 6.07. The maximum Gasteiger partial charge on any atom is 0.208 e. The van der Waals surface area contributed by atoms with E-state index >= 15 is 0 Å². The van der Waals surface area contributed by atoms with Crippen molar-refractivity contribution in [3.63, 3.8) is 0 Å². The van der Waals surface area contributed by atoms with E-state index in [-0.39, 0.29) is 0 Å². The van der Waals surface area contributed by atoms with Crippen molar-refractivity contribution in [2.24, 2.45) is 4.99 Å². The molecular formula is C19H34N4O4S. The van der Waals surface area contributed by atoms with Crippen LogP contribution in [0.4, 0.5) is 0 Å². The summed E-state index contributed by atoms with van der Waals surface area (Å²) in [6.45, 7) is 9.92. The van der Waals surface area contributed by atoms with Gasteiger partial charge in [-0.2, -0.15) is 0 Å². The van der Waals surface area contributed by atoms with Crippen LogP contribution in [0, 0.1) is 6.92 Å². The van der Waals surface area contributed by atoms with E-state index in [4.69, 9.17) is 9.47 Å². The van der Waals surface area contributed by atoms with Crippen LogP contribution in [0.25, 0.3) is 0 Å². The summed E-state index contributed by atoms with van der Waals surface area (Å²) in [5.41, 5.74) is 2.13. The summed E-state index contributed by atoms with van der Waals surface area (Å²) >= 11 is 0. The second kappa shape index (κ2) is 13.4. The van der Waals surface area contributed by atoms with Crippen molar-refractivity contribution in [2.75, 3.05) is 45.7 Å². The van der Waals surface area contributed by atoms with E-state index in [2.05, 4.69) is 20.3 Å². The molecule has 0 spiro atoms. The molecule has 0 saturated carbocycles. The minimum Gasteiger partial charge on any atom is -0.491 e. The SMILES string of the molecule is CCNC(=NCc1ccc(C)cc1OCCOCC)NCCCNS(C)(=O)=O. The van der Waals surface area contributed by atoms with Gasteiger partial charge in [0.2, 0.25) is 10.0 Å². The zero-order valence-corrected chi connectivity index (χ0v) is 18.2. The summed E-state index contributed by atoms with van der Waals surface area (Å²) in [5, 5.41) is 6.40. The predicted molar refractivity (Wildman–Crippen MR) is 113 cm³/mol. The fourth-order valence-corrected chi connectivity index (χ4v) is 2.86. The molecular weight excluding hydrogens is 380 g/mol. The summed E-state index contributed by atoms with van der Waals surface area (Å²) in [7, 11) is -3.15. The zero-order valence-electron chi connectivity index (χ0n) is 17.4. The molecule has 0 aliphatic rings. The summed E-state index contributed by atoms with van der Waals surface area (Å²) in [4.78, 5) is 4.61. The molecule has 0 heterocycles. The molecule has 28 heavy (non-hydrogen) atoms. The number of aryl methyl sites for hydroxylation is 1. The fraction of sp³-hybridized carbons (Fsp3) is 0.632. The second-order valence-corrected chi connectivity index (χ2v) is 8.13. The Morgan fingerprint density at radius 1 is 1.14 bits per heavy atom. The van der Waals surface area contributed by atoms with Crippen LogP contribution in [0.3, 0.4) is 0 Å². The summed E-state index contributed by atoms with van der Waals surface area (Å²) in [5.74, 6) is 1.50. The zero-order chi connectivity index (χ0) is 20.8. The number of aliphatic imine (C=N–C) groups is 1. The molecule has 0 aromatic heterocycles. The Kier molecular flexibility index (Phi) is 11.5.